The second-order valence-corrected chi connectivity index (χ2v) is 6.34. The van der Waals surface area contributed by atoms with Gasteiger partial charge in [0, 0.05) is 37.1 Å². The molecule has 0 N–H and O–H groups in total. The Labute approximate surface area is 137 Å². The summed E-state index contributed by atoms with van der Waals surface area (Å²) in [6, 6.07) is 10.2. The third-order valence-corrected chi connectivity index (χ3v) is 4.58. The molecule has 1 aliphatic rings. The molecule has 1 aromatic heterocycles. The molecular weight excluding hydrogens is 288 g/mol. The summed E-state index contributed by atoms with van der Waals surface area (Å²) < 4.78 is 1.78. The average Bonchev–Trinajstić information content (AvgIpc) is 2.98. The lowest BCUT2D eigenvalue weighted by atomic mass is 10.1. The van der Waals surface area contributed by atoms with E-state index in [9.17, 15) is 4.79 Å². The normalized spacial score (nSPS) is 18.9. The van der Waals surface area contributed by atoms with E-state index in [2.05, 4.69) is 24.1 Å². The van der Waals surface area contributed by atoms with Crippen molar-refractivity contribution < 1.29 is 4.79 Å². The highest BCUT2D eigenvalue weighted by atomic mass is 16.2. The maximum absolute atomic E-state index is 12.8. The Hall–Kier alpha value is -2.14. The zero-order chi connectivity index (χ0) is 16.2. The molecule has 1 amide bonds. The molecule has 122 valence electrons. The molecule has 0 bridgehead atoms. The highest BCUT2D eigenvalue weighted by Crippen LogP contribution is 2.18. The highest BCUT2D eigenvalue weighted by Gasteiger charge is 2.22. The van der Waals surface area contributed by atoms with E-state index < -0.39 is 0 Å². The summed E-state index contributed by atoms with van der Waals surface area (Å²) >= 11 is 0. The van der Waals surface area contributed by atoms with Crippen molar-refractivity contribution in [1.29, 1.82) is 0 Å². The first-order valence-electron chi connectivity index (χ1n) is 8.21. The van der Waals surface area contributed by atoms with Crippen LogP contribution in [0.3, 0.4) is 0 Å². The number of likely N-dealkylation sites (tertiary alicyclic amines) is 1. The van der Waals surface area contributed by atoms with Gasteiger partial charge < -0.3 is 9.80 Å². The number of rotatable bonds is 3. The lowest BCUT2D eigenvalue weighted by Gasteiger charge is -2.23. The summed E-state index contributed by atoms with van der Waals surface area (Å²) in [5.74, 6) is 0.124. The molecule has 1 atom stereocenters. The van der Waals surface area contributed by atoms with Crippen LogP contribution < -0.4 is 0 Å². The lowest BCUT2D eigenvalue weighted by Crippen LogP contribution is -2.33. The fourth-order valence-corrected chi connectivity index (χ4v) is 3.18. The predicted octanol–water partition coefficient (Wildman–Crippen LogP) is 2.43. The molecule has 5 heteroatoms. The van der Waals surface area contributed by atoms with Crippen molar-refractivity contribution in [2.45, 2.75) is 25.3 Å². The summed E-state index contributed by atoms with van der Waals surface area (Å²) in [5.41, 5.74) is 1.66. The van der Waals surface area contributed by atoms with Crippen LogP contribution in [-0.2, 0) is 0 Å². The lowest BCUT2D eigenvalue weighted by molar-refractivity contribution is 0.0758. The van der Waals surface area contributed by atoms with Gasteiger partial charge in [-0.3, -0.25) is 4.79 Å². The van der Waals surface area contributed by atoms with E-state index in [1.165, 1.54) is 0 Å². The van der Waals surface area contributed by atoms with Gasteiger partial charge in [-0.25, -0.2) is 4.68 Å². The number of aromatic nitrogens is 2. The standard InChI is InChI=1S/C18H24N4O/c1-20(2)16-8-4-11-21(13-9-16)18(23)15-6-3-7-17(14-15)22-12-5-10-19-22/h3,5-7,10,12,14,16H,4,8-9,11,13H2,1-2H3. The van der Waals surface area contributed by atoms with E-state index in [1.807, 2.05) is 41.4 Å². The Morgan fingerprint density at radius 2 is 2.09 bits per heavy atom. The first-order valence-corrected chi connectivity index (χ1v) is 8.21. The first kappa shape index (κ1) is 15.7. The molecule has 3 rings (SSSR count). The fourth-order valence-electron chi connectivity index (χ4n) is 3.18. The second-order valence-electron chi connectivity index (χ2n) is 6.34. The minimum atomic E-state index is 0.124. The maximum Gasteiger partial charge on any atom is 0.253 e. The van der Waals surface area contributed by atoms with Gasteiger partial charge in [-0.2, -0.15) is 5.10 Å². The van der Waals surface area contributed by atoms with Gasteiger partial charge in [0.15, 0.2) is 0 Å². The van der Waals surface area contributed by atoms with E-state index >= 15 is 0 Å². The summed E-state index contributed by atoms with van der Waals surface area (Å²) in [6.45, 7) is 1.67. The van der Waals surface area contributed by atoms with Gasteiger partial charge in [-0.1, -0.05) is 6.07 Å². The summed E-state index contributed by atoms with van der Waals surface area (Å²) in [5, 5.41) is 4.23. The quantitative estimate of drug-likeness (QED) is 0.874. The Morgan fingerprint density at radius 1 is 1.22 bits per heavy atom. The average molecular weight is 312 g/mol. The number of benzene rings is 1. The van der Waals surface area contributed by atoms with Crippen molar-refractivity contribution >= 4 is 5.91 Å². The van der Waals surface area contributed by atoms with Crippen molar-refractivity contribution in [3.05, 3.63) is 48.3 Å². The fraction of sp³-hybridized carbons (Fsp3) is 0.444. The van der Waals surface area contributed by atoms with Crippen molar-refractivity contribution in [1.82, 2.24) is 19.6 Å². The van der Waals surface area contributed by atoms with E-state index in [-0.39, 0.29) is 5.91 Å². The Balaban J connectivity index is 1.74. The molecule has 5 nitrogen and oxygen atoms in total. The smallest absolute Gasteiger partial charge is 0.253 e. The molecule has 0 saturated carbocycles. The zero-order valence-electron chi connectivity index (χ0n) is 13.9. The van der Waals surface area contributed by atoms with Crippen LogP contribution in [0.2, 0.25) is 0 Å². The number of amides is 1. The van der Waals surface area contributed by atoms with Gasteiger partial charge in [0.05, 0.1) is 5.69 Å². The molecule has 23 heavy (non-hydrogen) atoms. The monoisotopic (exact) mass is 312 g/mol. The number of hydrogen-bond donors (Lipinski definition) is 0. The van der Waals surface area contributed by atoms with Gasteiger partial charge in [-0.05, 0) is 57.6 Å². The largest absolute Gasteiger partial charge is 0.339 e. The molecule has 1 aliphatic heterocycles. The van der Waals surface area contributed by atoms with E-state index in [4.69, 9.17) is 0 Å². The van der Waals surface area contributed by atoms with Gasteiger partial charge >= 0.3 is 0 Å². The third-order valence-electron chi connectivity index (χ3n) is 4.58. The van der Waals surface area contributed by atoms with Crippen LogP contribution >= 0.6 is 0 Å². The molecule has 2 aromatic rings. The predicted molar refractivity (Wildman–Crippen MR) is 90.8 cm³/mol. The number of nitrogens with zero attached hydrogens (tertiary/aromatic N) is 4. The summed E-state index contributed by atoms with van der Waals surface area (Å²) in [4.78, 5) is 17.1. The van der Waals surface area contributed by atoms with Gasteiger partial charge in [0.1, 0.15) is 0 Å². The zero-order valence-corrected chi connectivity index (χ0v) is 13.9. The molecule has 1 aromatic carbocycles. The second kappa shape index (κ2) is 6.96. The van der Waals surface area contributed by atoms with Crippen LogP contribution in [0.25, 0.3) is 5.69 Å². The number of carbonyl (C=O) groups excluding carboxylic acids is 1. The van der Waals surface area contributed by atoms with Crippen molar-refractivity contribution in [2.75, 3.05) is 27.2 Å². The maximum atomic E-state index is 12.8. The minimum absolute atomic E-state index is 0.124. The van der Waals surface area contributed by atoms with Crippen LogP contribution in [0.4, 0.5) is 0 Å². The van der Waals surface area contributed by atoms with E-state index in [1.54, 1.807) is 10.9 Å². The van der Waals surface area contributed by atoms with Crippen LogP contribution in [0, 0.1) is 0 Å². The molecule has 2 heterocycles. The number of hydrogen-bond acceptors (Lipinski definition) is 3. The van der Waals surface area contributed by atoms with E-state index in [0.717, 1.165) is 43.6 Å². The van der Waals surface area contributed by atoms with Crippen LogP contribution in [0.1, 0.15) is 29.6 Å². The first-order chi connectivity index (χ1) is 11.1. The van der Waals surface area contributed by atoms with Crippen molar-refractivity contribution in [2.24, 2.45) is 0 Å². The van der Waals surface area contributed by atoms with Crippen molar-refractivity contribution in [3.63, 3.8) is 0 Å². The third kappa shape index (κ3) is 3.62. The number of carbonyl (C=O) groups is 1. The van der Waals surface area contributed by atoms with Crippen molar-refractivity contribution in [3.8, 4) is 5.69 Å². The van der Waals surface area contributed by atoms with Gasteiger partial charge in [-0.15, -0.1) is 0 Å². The molecule has 0 radical (unpaired) electrons. The minimum Gasteiger partial charge on any atom is -0.339 e. The molecule has 1 unspecified atom stereocenters. The van der Waals surface area contributed by atoms with Gasteiger partial charge in [0.25, 0.3) is 5.91 Å². The van der Waals surface area contributed by atoms with Crippen LogP contribution in [0.15, 0.2) is 42.7 Å². The molecule has 1 fully saturated rings. The topological polar surface area (TPSA) is 41.4 Å². The van der Waals surface area contributed by atoms with Crippen LogP contribution in [-0.4, -0.2) is 58.7 Å². The molecule has 0 aliphatic carbocycles. The molecule has 1 saturated heterocycles. The SMILES string of the molecule is CN(C)C1CCCN(C(=O)c2cccc(-n3cccn3)c2)CC1. The highest BCUT2D eigenvalue weighted by molar-refractivity contribution is 5.94. The Morgan fingerprint density at radius 3 is 2.83 bits per heavy atom. The Kier molecular flexibility index (Phi) is 4.76. The Bertz CT molecular complexity index is 651. The molecular formula is C18H24N4O. The summed E-state index contributed by atoms with van der Waals surface area (Å²) in [6.07, 6.45) is 6.89. The summed E-state index contributed by atoms with van der Waals surface area (Å²) in [7, 11) is 4.24. The van der Waals surface area contributed by atoms with E-state index in [0.29, 0.717) is 6.04 Å². The molecule has 0 spiro atoms. The van der Waals surface area contributed by atoms with Crippen LogP contribution in [0.5, 0.6) is 0 Å². The van der Waals surface area contributed by atoms with Gasteiger partial charge in [0.2, 0.25) is 0 Å².